The van der Waals surface area contributed by atoms with E-state index in [-0.39, 0.29) is 5.97 Å². The summed E-state index contributed by atoms with van der Waals surface area (Å²) < 4.78 is 4.70. The number of nitrogens with zero attached hydrogens (tertiary/aromatic N) is 1. The number of esters is 1. The van der Waals surface area contributed by atoms with E-state index in [1.165, 1.54) is 0 Å². The van der Waals surface area contributed by atoms with Gasteiger partial charge in [0.1, 0.15) is 6.61 Å². The van der Waals surface area contributed by atoms with Gasteiger partial charge in [0.25, 0.3) is 0 Å². The molecule has 6 nitrogen and oxygen atoms in total. The molecule has 0 aliphatic rings. The summed E-state index contributed by atoms with van der Waals surface area (Å²) in [5.74, 6) is 3.39. The van der Waals surface area contributed by atoms with Gasteiger partial charge in [0.15, 0.2) is 0 Å². The summed E-state index contributed by atoms with van der Waals surface area (Å²) in [6.07, 6.45) is 2.15. The van der Waals surface area contributed by atoms with Crippen LogP contribution in [-0.4, -0.2) is 44.1 Å². The van der Waals surface area contributed by atoms with Crippen LogP contribution in [0.4, 0.5) is 0 Å². The summed E-state index contributed by atoms with van der Waals surface area (Å²) >= 11 is 0. The molecule has 0 amide bonds. The first kappa shape index (κ1) is 16.8. The van der Waals surface area contributed by atoms with E-state index in [0.29, 0.717) is 6.61 Å². The minimum absolute atomic E-state index is 0.359. The van der Waals surface area contributed by atoms with Gasteiger partial charge in [-0.1, -0.05) is 13.2 Å². The Labute approximate surface area is 95.3 Å². The average molecular weight is 230 g/mol. The number of hydrogen-bond donors (Lipinski definition) is 1. The van der Waals surface area contributed by atoms with Crippen molar-refractivity contribution in [1.29, 1.82) is 0 Å². The fourth-order valence-electron chi connectivity index (χ4n) is 0.436. The largest absolute Gasteiger partial charge is 0.461 e. The minimum Gasteiger partial charge on any atom is -0.461 e. The molecule has 0 aliphatic carbocycles. The van der Waals surface area contributed by atoms with Gasteiger partial charge < -0.3 is 14.5 Å². The van der Waals surface area contributed by atoms with Crippen LogP contribution in [-0.2, 0) is 19.2 Å². The van der Waals surface area contributed by atoms with E-state index in [1.807, 2.05) is 19.0 Å². The molecule has 0 aromatic carbocycles. The molecule has 0 unspecified atom stereocenters. The topological polar surface area (TPSA) is 81.9 Å². The summed E-state index contributed by atoms with van der Waals surface area (Å²) in [7, 11) is 3.84. The molecule has 0 saturated carbocycles. The molecular formula is C10H18N2O4. The number of rotatable bonds is 5. The van der Waals surface area contributed by atoms with Crippen LogP contribution < -0.4 is 5.90 Å². The van der Waals surface area contributed by atoms with Crippen LogP contribution in [0.15, 0.2) is 25.3 Å². The zero-order valence-corrected chi connectivity index (χ0v) is 9.64. The quantitative estimate of drug-likeness (QED) is 0.402. The number of ether oxygens (including phenoxy) is 1. The summed E-state index contributed by atoms with van der Waals surface area (Å²) in [5.41, 5.74) is 0. The summed E-state index contributed by atoms with van der Waals surface area (Å²) in [6, 6.07) is 0. The maximum absolute atomic E-state index is 10.4. The summed E-state index contributed by atoms with van der Waals surface area (Å²) in [4.78, 5) is 25.7. The molecule has 0 spiro atoms. The number of nitrogens with two attached hydrogens (primary N) is 1. The zero-order chi connectivity index (χ0) is 13.0. The van der Waals surface area contributed by atoms with Gasteiger partial charge in [0.05, 0.1) is 0 Å². The highest BCUT2D eigenvalue weighted by Gasteiger charge is 1.94. The molecule has 0 atom stereocenters. The molecule has 0 bridgehead atoms. The van der Waals surface area contributed by atoms with Gasteiger partial charge >= 0.3 is 11.9 Å². The minimum atomic E-state index is -0.616. The number of hydrogen-bond acceptors (Lipinski definition) is 6. The Balaban J connectivity index is 0. The van der Waals surface area contributed by atoms with Crippen molar-refractivity contribution in [1.82, 2.24) is 4.90 Å². The van der Waals surface area contributed by atoms with Crippen molar-refractivity contribution in [3.63, 3.8) is 0 Å². The van der Waals surface area contributed by atoms with Crippen molar-refractivity contribution in [2.45, 2.75) is 0 Å². The molecule has 2 N–H and O–H groups in total. The Morgan fingerprint density at radius 1 is 1.25 bits per heavy atom. The lowest BCUT2D eigenvalue weighted by molar-refractivity contribution is -0.139. The van der Waals surface area contributed by atoms with E-state index in [2.05, 4.69) is 23.9 Å². The van der Waals surface area contributed by atoms with Gasteiger partial charge in [-0.15, -0.1) is 0 Å². The summed E-state index contributed by atoms with van der Waals surface area (Å²) in [6.45, 7) is 7.53. The molecule has 0 aliphatic heterocycles. The molecule has 0 rings (SSSR count). The Bertz CT molecular complexity index is 239. The van der Waals surface area contributed by atoms with Gasteiger partial charge in [-0.05, 0) is 14.1 Å². The van der Waals surface area contributed by atoms with Crippen LogP contribution in [0.25, 0.3) is 0 Å². The molecule has 92 valence electrons. The maximum atomic E-state index is 10.4. The van der Waals surface area contributed by atoms with Gasteiger partial charge in [-0.25, -0.2) is 9.59 Å². The molecule has 0 saturated heterocycles. The second kappa shape index (κ2) is 11.4. The Hall–Kier alpha value is -1.66. The molecule has 16 heavy (non-hydrogen) atoms. The van der Waals surface area contributed by atoms with Crippen LogP contribution in [0.1, 0.15) is 0 Å². The molecule has 0 radical (unpaired) electrons. The predicted molar refractivity (Wildman–Crippen MR) is 60.2 cm³/mol. The van der Waals surface area contributed by atoms with E-state index in [4.69, 9.17) is 4.74 Å². The fourth-order valence-corrected chi connectivity index (χ4v) is 0.436. The highest BCUT2D eigenvalue weighted by molar-refractivity contribution is 5.81. The standard InChI is InChI=1S/C7H13NO2.C3H5NO2/c1-4-7(9)10-6-5-8(2)3;1-2-3(5)6-4/h4H,1,5-6H2,2-3H3;2H,1,4H2. The van der Waals surface area contributed by atoms with E-state index < -0.39 is 5.97 Å². The van der Waals surface area contributed by atoms with Gasteiger partial charge in [0, 0.05) is 18.7 Å². The van der Waals surface area contributed by atoms with Crippen LogP contribution in [0.5, 0.6) is 0 Å². The molecular weight excluding hydrogens is 212 g/mol. The lowest BCUT2D eigenvalue weighted by Gasteiger charge is -2.07. The van der Waals surface area contributed by atoms with Crippen molar-refractivity contribution in [3.8, 4) is 0 Å². The third kappa shape index (κ3) is 14.8. The maximum Gasteiger partial charge on any atom is 0.348 e. The van der Waals surface area contributed by atoms with E-state index in [1.54, 1.807) is 0 Å². The second-order valence-electron chi connectivity index (χ2n) is 2.82. The highest BCUT2D eigenvalue weighted by atomic mass is 16.7. The van der Waals surface area contributed by atoms with Crippen LogP contribution >= 0.6 is 0 Å². The van der Waals surface area contributed by atoms with Crippen molar-refractivity contribution >= 4 is 11.9 Å². The van der Waals surface area contributed by atoms with E-state index >= 15 is 0 Å². The van der Waals surface area contributed by atoms with E-state index in [0.717, 1.165) is 18.7 Å². The van der Waals surface area contributed by atoms with Crippen LogP contribution in [0.2, 0.25) is 0 Å². The smallest absolute Gasteiger partial charge is 0.348 e. The van der Waals surface area contributed by atoms with E-state index in [9.17, 15) is 9.59 Å². The van der Waals surface area contributed by atoms with Gasteiger partial charge in [-0.3, -0.25) is 0 Å². The van der Waals surface area contributed by atoms with Crippen LogP contribution in [0.3, 0.4) is 0 Å². The first-order valence-electron chi connectivity index (χ1n) is 4.45. The third-order valence-electron chi connectivity index (χ3n) is 1.23. The predicted octanol–water partition coefficient (Wildman–Crippen LogP) is -0.133. The lowest BCUT2D eigenvalue weighted by atomic mass is 10.6. The van der Waals surface area contributed by atoms with Crippen LogP contribution in [0, 0.1) is 0 Å². The lowest BCUT2D eigenvalue weighted by Crippen LogP contribution is -2.19. The average Bonchev–Trinajstić information content (AvgIpc) is 2.28. The summed E-state index contributed by atoms with van der Waals surface area (Å²) in [5, 5.41) is 0. The first-order valence-corrected chi connectivity index (χ1v) is 4.45. The van der Waals surface area contributed by atoms with Gasteiger partial charge in [0.2, 0.25) is 0 Å². The number of carbonyl (C=O) groups is 2. The van der Waals surface area contributed by atoms with Crippen molar-refractivity contribution in [2.75, 3.05) is 27.2 Å². The molecule has 0 aromatic rings. The number of carbonyl (C=O) groups excluding carboxylic acids is 2. The van der Waals surface area contributed by atoms with Crippen molar-refractivity contribution in [3.05, 3.63) is 25.3 Å². The Morgan fingerprint density at radius 3 is 2.00 bits per heavy atom. The van der Waals surface area contributed by atoms with Crippen molar-refractivity contribution < 1.29 is 19.2 Å². The number of likely N-dealkylation sites (N-methyl/N-ethyl adjacent to an activating group) is 1. The fraction of sp³-hybridized carbons (Fsp3) is 0.400. The molecule has 0 aromatic heterocycles. The third-order valence-corrected chi connectivity index (χ3v) is 1.23. The molecule has 6 heteroatoms. The highest BCUT2D eigenvalue weighted by Crippen LogP contribution is 1.80. The molecule has 0 fully saturated rings. The van der Waals surface area contributed by atoms with Crippen molar-refractivity contribution in [2.24, 2.45) is 5.90 Å². The first-order chi connectivity index (χ1) is 7.47. The second-order valence-corrected chi connectivity index (χ2v) is 2.82. The SMILES string of the molecule is C=CC(=O)OCCN(C)C.C=CC(=O)ON. The Kier molecular flexibility index (Phi) is 12.0. The molecule has 0 heterocycles. The Morgan fingerprint density at radius 2 is 1.75 bits per heavy atom. The zero-order valence-electron chi connectivity index (χ0n) is 9.64. The normalized spacial score (nSPS) is 8.50. The monoisotopic (exact) mass is 230 g/mol. The van der Waals surface area contributed by atoms with Gasteiger partial charge in [-0.2, -0.15) is 5.90 Å².